The maximum atomic E-state index is 13.7. The van der Waals surface area contributed by atoms with Gasteiger partial charge in [-0.05, 0) is 78.8 Å². The summed E-state index contributed by atoms with van der Waals surface area (Å²) in [7, 11) is -2.49. The second-order valence-corrected chi connectivity index (χ2v) is 12.3. The summed E-state index contributed by atoms with van der Waals surface area (Å²) in [5.41, 5.74) is 5.51. The molecule has 3 aromatic carbocycles. The molecule has 1 fully saturated rings. The molecule has 1 aliphatic rings. The van der Waals surface area contributed by atoms with Gasteiger partial charge in [-0.3, -0.25) is 10.0 Å². The van der Waals surface area contributed by atoms with E-state index in [2.05, 4.69) is 18.2 Å². The van der Waals surface area contributed by atoms with Crippen LogP contribution in [0.25, 0.3) is 11.1 Å². The molecule has 2 N–H and O–H groups in total. The van der Waals surface area contributed by atoms with E-state index in [9.17, 15) is 18.4 Å². The van der Waals surface area contributed by atoms with Crippen LogP contribution in [-0.4, -0.2) is 69.1 Å². The number of ether oxygens (including phenoxy) is 2. The van der Waals surface area contributed by atoms with Crippen molar-refractivity contribution in [2.75, 3.05) is 40.0 Å². The van der Waals surface area contributed by atoms with Gasteiger partial charge in [0.05, 0.1) is 29.7 Å². The number of nitrogens with one attached hydrogen (secondary N) is 1. The molecule has 0 unspecified atom stereocenters. The third-order valence-corrected chi connectivity index (χ3v) is 10.1. The van der Waals surface area contributed by atoms with Gasteiger partial charge in [-0.1, -0.05) is 36.4 Å². The summed E-state index contributed by atoms with van der Waals surface area (Å²) in [6, 6.07) is 24.0. The highest BCUT2D eigenvalue weighted by Gasteiger charge is 2.52. The maximum absolute atomic E-state index is 13.7. The average molecular weight is 578 g/mol. The Labute approximate surface area is 241 Å². The maximum Gasteiger partial charge on any atom is 0.265 e. The van der Waals surface area contributed by atoms with Gasteiger partial charge in [0, 0.05) is 26.7 Å². The number of nitriles is 1. The normalized spacial score (nSPS) is 15.1. The van der Waals surface area contributed by atoms with Crippen molar-refractivity contribution in [1.29, 1.82) is 5.26 Å². The number of rotatable bonds is 12. The molecule has 0 bridgehead atoms. The van der Waals surface area contributed by atoms with E-state index in [4.69, 9.17) is 14.7 Å². The van der Waals surface area contributed by atoms with Crippen molar-refractivity contribution in [3.05, 3.63) is 83.9 Å². The van der Waals surface area contributed by atoms with Crippen molar-refractivity contribution in [3.63, 3.8) is 0 Å². The molecule has 9 nitrogen and oxygen atoms in total. The van der Waals surface area contributed by atoms with Crippen molar-refractivity contribution in [1.82, 2.24) is 10.4 Å². The number of hydrogen-bond donors (Lipinski definition) is 2. The van der Waals surface area contributed by atoms with Crippen LogP contribution >= 0.6 is 0 Å². The molecule has 0 spiro atoms. The number of sulfone groups is 1. The first kappa shape index (κ1) is 30.2. The van der Waals surface area contributed by atoms with E-state index >= 15 is 0 Å². The van der Waals surface area contributed by atoms with E-state index in [1.165, 1.54) is 12.1 Å². The van der Waals surface area contributed by atoms with E-state index in [0.717, 1.165) is 29.5 Å². The highest BCUT2D eigenvalue weighted by atomic mass is 32.2. The van der Waals surface area contributed by atoms with Gasteiger partial charge in [-0.15, -0.1) is 0 Å². The highest BCUT2D eigenvalue weighted by Crippen LogP contribution is 2.36. The SMILES string of the molecule is COCCN1CCC(C(=O)NO)(S(=O)(=O)c2ccc(OCCCc3cccc(-c4ccc(C#N)cc4)c3)cc2)CC1. The zero-order chi connectivity index (χ0) is 29.3. The largest absolute Gasteiger partial charge is 0.494 e. The molecule has 216 valence electrons. The fourth-order valence-electron chi connectivity index (χ4n) is 5.13. The Bertz CT molecular complexity index is 1460. The number of carbonyl (C=O) groups is 1. The Morgan fingerprint density at radius 3 is 2.37 bits per heavy atom. The molecule has 41 heavy (non-hydrogen) atoms. The first-order valence-corrected chi connectivity index (χ1v) is 15.0. The molecule has 0 atom stereocenters. The van der Waals surface area contributed by atoms with Gasteiger partial charge >= 0.3 is 0 Å². The summed E-state index contributed by atoms with van der Waals surface area (Å²) >= 11 is 0. The van der Waals surface area contributed by atoms with Gasteiger partial charge < -0.3 is 14.4 Å². The van der Waals surface area contributed by atoms with Crippen molar-refractivity contribution in [2.24, 2.45) is 0 Å². The number of nitrogens with zero attached hydrogens (tertiary/aromatic N) is 2. The Morgan fingerprint density at radius 2 is 1.73 bits per heavy atom. The highest BCUT2D eigenvalue weighted by molar-refractivity contribution is 7.93. The summed E-state index contributed by atoms with van der Waals surface area (Å²) in [6.07, 6.45) is 1.69. The predicted molar refractivity (Wildman–Crippen MR) is 154 cm³/mol. The van der Waals surface area contributed by atoms with E-state index in [1.807, 2.05) is 29.2 Å². The summed E-state index contributed by atoms with van der Waals surface area (Å²) in [6.45, 7) is 2.39. The fourth-order valence-corrected chi connectivity index (χ4v) is 7.08. The van der Waals surface area contributed by atoms with Crippen LogP contribution in [0.4, 0.5) is 0 Å². The van der Waals surface area contributed by atoms with Gasteiger partial charge in [0.1, 0.15) is 5.75 Å². The van der Waals surface area contributed by atoms with Crippen LogP contribution in [0.3, 0.4) is 0 Å². The van der Waals surface area contributed by atoms with Crippen LogP contribution in [0.2, 0.25) is 0 Å². The summed E-state index contributed by atoms with van der Waals surface area (Å²) in [5.74, 6) is -0.377. The molecular formula is C31H35N3O6S. The minimum absolute atomic E-state index is 0.0124. The predicted octanol–water partition coefficient (Wildman–Crippen LogP) is 4.00. The molecule has 4 rings (SSSR count). The lowest BCUT2D eigenvalue weighted by Gasteiger charge is -2.39. The number of methoxy groups -OCH3 is 1. The van der Waals surface area contributed by atoms with Gasteiger partial charge in [0.2, 0.25) is 0 Å². The lowest BCUT2D eigenvalue weighted by molar-refractivity contribution is -0.133. The minimum Gasteiger partial charge on any atom is -0.494 e. The van der Waals surface area contributed by atoms with Crippen LogP contribution in [0.5, 0.6) is 5.75 Å². The fraction of sp³-hybridized carbons (Fsp3) is 0.355. The van der Waals surface area contributed by atoms with Crippen LogP contribution < -0.4 is 10.2 Å². The summed E-state index contributed by atoms with van der Waals surface area (Å²) in [5, 5.41) is 18.4. The average Bonchev–Trinajstić information content (AvgIpc) is 3.02. The smallest absolute Gasteiger partial charge is 0.265 e. The number of amides is 1. The van der Waals surface area contributed by atoms with Crippen LogP contribution in [0.15, 0.2) is 77.7 Å². The molecule has 1 amide bonds. The quantitative estimate of drug-likeness (QED) is 0.188. The van der Waals surface area contributed by atoms with Gasteiger partial charge in [0.25, 0.3) is 5.91 Å². The molecule has 0 aromatic heterocycles. The second kappa shape index (κ2) is 13.7. The molecule has 0 radical (unpaired) electrons. The third kappa shape index (κ3) is 6.94. The molecule has 10 heteroatoms. The molecule has 1 heterocycles. The second-order valence-electron chi connectivity index (χ2n) is 10.1. The minimum atomic E-state index is -4.09. The number of hydroxylamine groups is 1. The standard InChI is InChI=1S/C31H35N3O6S/c1-39-21-19-34-17-15-31(16-18-34,30(35)33-36)41(37,38)29-13-11-28(12-14-29)40-20-3-5-24-4-2-6-27(22-24)26-9-7-25(23-32)8-10-26/h2,4,6-14,22,36H,3,5,15-21H2,1H3,(H,33,35). The monoisotopic (exact) mass is 577 g/mol. The van der Waals surface area contributed by atoms with E-state index in [-0.39, 0.29) is 17.7 Å². The number of piperidine rings is 1. The van der Waals surface area contributed by atoms with Gasteiger partial charge in [-0.25, -0.2) is 13.9 Å². The Kier molecular flexibility index (Phi) is 10.1. The lowest BCUT2D eigenvalue weighted by Crippen LogP contribution is -2.57. The zero-order valence-corrected chi connectivity index (χ0v) is 23.9. The topological polar surface area (TPSA) is 129 Å². The molecule has 3 aromatic rings. The Balaban J connectivity index is 1.35. The lowest BCUT2D eigenvalue weighted by atomic mass is 9.95. The van der Waals surface area contributed by atoms with Crippen LogP contribution in [-0.2, 0) is 25.8 Å². The van der Waals surface area contributed by atoms with Crippen LogP contribution in [0, 0.1) is 11.3 Å². The van der Waals surface area contributed by atoms with Crippen LogP contribution in [0.1, 0.15) is 30.4 Å². The number of benzene rings is 3. The van der Waals surface area contributed by atoms with Crippen molar-refractivity contribution in [3.8, 4) is 22.9 Å². The van der Waals surface area contributed by atoms with E-state index < -0.39 is 20.5 Å². The first-order valence-electron chi connectivity index (χ1n) is 13.6. The van der Waals surface area contributed by atoms with E-state index in [0.29, 0.717) is 44.2 Å². The molecule has 0 saturated carbocycles. The number of hydrogen-bond acceptors (Lipinski definition) is 8. The number of likely N-dealkylation sites (tertiary alicyclic amines) is 1. The van der Waals surface area contributed by atoms with Crippen molar-refractivity contribution >= 4 is 15.7 Å². The van der Waals surface area contributed by atoms with Gasteiger partial charge in [-0.2, -0.15) is 5.26 Å². The molecule has 1 aliphatic heterocycles. The molecule has 1 saturated heterocycles. The Hall–Kier alpha value is -3.75. The summed E-state index contributed by atoms with van der Waals surface area (Å²) in [4.78, 5) is 14.8. The molecule has 0 aliphatic carbocycles. The number of aryl methyl sites for hydroxylation is 1. The van der Waals surface area contributed by atoms with Crippen molar-refractivity contribution in [2.45, 2.75) is 35.3 Å². The zero-order valence-electron chi connectivity index (χ0n) is 23.1. The number of carbonyl (C=O) groups excluding carboxylic acids is 1. The molecular weight excluding hydrogens is 542 g/mol. The third-order valence-electron chi connectivity index (χ3n) is 7.59. The Morgan fingerprint density at radius 1 is 1.02 bits per heavy atom. The van der Waals surface area contributed by atoms with Gasteiger partial charge in [0.15, 0.2) is 14.6 Å². The first-order chi connectivity index (χ1) is 19.8. The summed E-state index contributed by atoms with van der Waals surface area (Å²) < 4.78 is 36.5. The van der Waals surface area contributed by atoms with Crippen molar-refractivity contribution < 1.29 is 27.9 Å². The van der Waals surface area contributed by atoms with E-state index in [1.54, 1.807) is 36.9 Å².